The van der Waals surface area contributed by atoms with Crippen molar-refractivity contribution in [2.75, 3.05) is 0 Å². The summed E-state index contributed by atoms with van der Waals surface area (Å²) in [5, 5.41) is 8.59. The molecule has 5 rings (SSSR count). The SMILES string of the molecule is Cc1cc(C)c(C2=NO[C@@]3(C(C)(C)C)[P@@]2[C@@]2(C(C)(C)C)ON=C(c4c(C)cc(C)cc4C)[P@]2[P@@]3C(=O)C(C)(C)C)c(C)c1. The second-order valence-electron chi connectivity index (χ2n) is 15.8. The Morgan fingerprint density at radius 1 is 0.628 bits per heavy atom. The second-order valence-corrected chi connectivity index (χ2v) is 24.6. The minimum absolute atomic E-state index is 0.275. The van der Waals surface area contributed by atoms with E-state index >= 15 is 4.79 Å². The third-order valence-electron chi connectivity index (χ3n) is 8.90. The van der Waals surface area contributed by atoms with Crippen molar-refractivity contribution in [2.45, 2.75) is 114 Å². The van der Waals surface area contributed by atoms with Gasteiger partial charge in [0.1, 0.15) is 10.9 Å². The number of benzene rings is 2. The highest BCUT2D eigenvalue weighted by atomic mass is 32.1. The molecule has 3 aliphatic rings. The molecule has 0 amide bonds. The van der Waals surface area contributed by atoms with Crippen molar-refractivity contribution in [1.29, 1.82) is 0 Å². The molecular weight excluding hydrogens is 589 g/mol. The zero-order valence-electron chi connectivity index (χ0n) is 28.8. The van der Waals surface area contributed by atoms with Gasteiger partial charge in [0.05, 0.1) is 15.5 Å². The summed E-state index contributed by atoms with van der Waals surface area (Å²) in [6.07, 6.45) is 0. The Kier molecular flexibility index (Phi) is 7.74. The topological polar surface area (TPSA) is 60.2 Å². The summed E-state index contributed by atoms with van der Waals surface area (Å²) in [5.74, 6) is 0. The zero-order valence-corrected chi connectivity index (χ0v) is 31.5. The van der Waals surface area contributed by atoms with E-state index in [1.165, 1.54) is 33.4 Å². The smallest absolute Gasteiger partial charge is 0.199 e. The number of hydrogen-bond donors (Lipinski definition) is 0. The van der Waals surface area contributed by atoms with Crippen molar-refractivity contribution in [3.63, 3.8) is 0 Å². The fourth-order valence-corrected chi connectivity index (χ4v) is 27.7. The predicted molar refractivity (Wildman–Crippen MR) is 186 cm³/mol. The van der Waals surface area contributed by atoms with Gasteiger partial charge in [-0.05, 0) is 63.8 Å². The Bertz CT molecular complexity index is 1540. The van der Waals surface area contributed by atoms with Crippen molar-refractivity contribution < 1.29 is 14.5 Å². The van der Waals surface area contributed by atoms with Gasteiger partial charge >= 0.3 is 0 Å². The molecule has 0 N–H and O–H groups in total. The molecule has 5 atom stereocenters. The second kappa shape index (κ2) is 10.2. The van der Waals surface area contributed by atoms with Crippen LogP contribution >= 0.6 is 23.1 Å². The Balaban J connectivity index is 1.92. The first-order valence-electron chi connectivity index (χ1n) is 15.2. The highest BCUT2D eigenvalue weighted by Crippen LogP contribution is 3.06. The summed E-state index contributed by atoms with van der Waals surface area (Å²) >= 11 is 0. The van der Waals surface area contributed by atoms with Crippen LogP contribution in [0.1, 0.15) is 107 Å². The summed E-state index contributed by atoms with van der Waals surface area (Å²) < 4.78 is 0. The van der Waals surface area contributed by atoms with Crippen LogP contribution in [0, 0.1) is 57.8 Å². The van der Waals surface area contributed by atoms with E-state index in [1.807, 2.05) is 0 Å². The average Bonchev–Trinajstić information content (AvgIpc) is 3.45. The van der Waals surface area contributed by atoms with Gasteiger partial charge < -0.3 is 9.68 Å². The molecule has 232 valence electrons. The molecule has 2 aromatic carbocycles. The van der Waals surface area contributed by atoms with Gasteiger partial charge in [-0.2, -0.15) is 0 Å². The highest BCUT2D eigenvalue weighted by molar-refractivity contribution is 8.50. The fourth-order valence-electron chi connectivity index (χ4n) is 7.14. The zero-order chi connectivity index (χ0) is 32.2. The van der Waals surface area contributed by atoms with Crippen LogP contribution in [0.5, 0.6) is 0 Å². The summed E-state index contributed by atoms with van der Waals surface area (Å²) in [4.78, 5) is 29.2. The molecule has 5 nitrogen and oxygen atoms in total. The van der Waals surface area contributed by atoms with E-state index in [4.69, 9.17) is 20.0 Å². The maximum atomic E-state index is 15.1. The van der Waals surface area contributed by atoms with Gasteiger partial charge in [-0.3, -0.25) is 4.79 Å². The first-order chi connectivity index (χ1) is 19.6. The van der Waals surface area contributed by atoms with E-state index in [0.717, 1.165) is 22.0 Å². The van der Waals surface area contributed by atoms with Crippen molar-refractivity contribution in [1.82, 2.24) is 0 Å². The number of oxime groups is 2. The van der Waals surface area contributed by atoms with Crippen LogP contribution in [0.3, 0.4) is 0 Å². The monoisotopic (exact) mass is 638 g/mol. The normalized spacial score (nSPS) is 28.6. The first kappa shape index (κ1) is 32.7. The molecule has 1 fully saturated rings. The Hall–Kier alpha value is -1.66. The first-order valence-corrected chi connectivity index (χ1v) is 20.0. The Morgan fingerprint density at radius 3 is 1.40 bits per heavy atom. The van der Waals surface area contributed by atoms with Crippen molar-refractivity contribution in [3.8, 4) is 0 Å². The lowest BCUT2D eigenvalue weighted by Crippen LogP contribution is -2.45. The lowest BCUT2D eigenvalue weighted by Gasteiger charge is -2.47. The summed E-state index contributed by atoms with van der Waals surface area (Å²) in [7, 11) is -3.97. The van der Waals surface area contributed by atoms with Gasteiger partial charge in [0.2, 0.25) is 0 Å². The van der Waals surface area contributed by atoms with Gasteiger partial charge in [-0.15, -0.1) is 0 Å². The van der Waals surface area contributed by atoms with Crippen LogP contribution in [0.2, 0.25) is 0 Å². The highest BCUT2D eigenvalue weighted by Gasteiger charge is 2.85. The molecule has 0 bridgehead atoms. The van der Waals surface area contributed by atoms with Crippen LogP contribution in [0.25, 0.3) is 0 Å². The van der Waals surface area contributed by atoms with Crippen LogP contribution in [-0.4, -0.2) is 26.6 Å². The van der Waals surface area contributed by atoms with Crippen LogP contribution < -0.4 is 0 Å². The lowest BCUT2D eigenvalue weighted by molar-refractivity contribution is -0.118. The number of fused-ring (bicyclic) bond motifs is 3. The summed E-state index contributed by atoms with van der Waals surface area (Å²) in [6.45, 7) is 32.7. The molecule has 1 saturated heterocycles. The largest absolute Gasteiger partial charge is 0.378 e. The molecule has 0 aliphatic carbocycles. The number of aryl methyl sites for hydroxylation is 6. The molecule has 0 saturated carbocycles. The lowest BCUT2D eigenvalue weighted by atomic mass is 9.97. The molecule has 8 heteroatoms. The third kappa shape index (κ3) is 4.54. The van der Waals surface area contributed by atoms with Crippen molar-refractivity contribution in [3.05, 3.63) is 68.8 Å². The van der Waals surface area contributed by atoms with Gasteiger partial charge in [0.25, 0.3) is 0 Å². The Labute approximate surface area is 262 Å². The molecular formula is C35H49N2O3P3. The van der Waals surface area contributed by atoms with E-state index in [2.05, 4.69) is 128 Å². The molecule has 0 aromatic heterocycles. The quantitative estimate of drug-likeness (QED) is 0.314. The number of rotatable bonds is 3. The summed E-state index contributed by atoms with van der Waals surface area (Å²) in [5.41, 5.74) is 10.4. The average molecular weight is 639 g/mol. The number of nitrogens with zero attached hydrogens (tertiary/aromatic N) is 2. The van der Waals surface area contributed by atoms with Crippen LogP contribution in [-0.2, 0) is 14.5 Å². The van der Waals surface area contributed by atoms with Gasteiger partial charge in [0.15, 0.2) is 15.7 Å². The molecule has 3 heterocycles. The van der Waals surface area contributed by atoms with Gasteiger partial charge in [0, 0.05) is 35.0 Å². The van der Waals surface area contributed by atoms with Gasteiger partial charge in [-0.25, -0.2) is 0 Å². The molecule has 3 aliphatic heterocycles. The predicted octanol–water partition coefficient (Wildman–Crippen LogP) is 11.0. The van der Waals surface area contributed by atoms with Crippen LogP contribution in [0.15, 0.2) is 34.6 Å². The van der Waals surface area contributed by atoms with E-state index < -0.39 is 38.7 Å². The van der Waals surface area contributed by atoms with Crippen molar-refractivity contribution in [2.24, 2.45) is 26.6 Å². The van der Waals surface area contributed by atoms with Crippen LogP contribution in [0.4, 0.5) is 0 Å². The van der Waals surface area contributed by atoms with E-state index in [9.17, 15) is 0 Å². The molecule has 0 spiro atoms. The third-order valence-corrected chi connectivity index (χ3v) is 24.5. The number of carbonyl (C=O) groups is 1. The van der Waals surface area contributed by atoms with Crippen molar-refractivity contribution >= 4 is 39.6 Å². The number of hydrogen-bond acceptors (Lipinski definition) is 5. The van der Waals surface area contributed by atoms with E-state index in [0.29, 0.717) is 0 Å². The summed E-state index contributed by atoms with van der Waals surface area (Å²) in [6, 6.07) is 8.93. The standard InChI is InChI=1S/C35H49N2O3P3/c1-20-16-22(3)26(23(4)17-20)28-36-40-35(33(13,14)15)41(28)34(32(10,11)12)39-37-29(27-24(5)18-21(2)19-25(27)6)42(34)43(35)30(38)31(7,8)9/h16-19H,1-15H3/t34-,35+,41-,42+,43+/m1/s1. The molecule has 0 unspecified atom stereocenters. The van der Waals surface area contributed by atoms with Gasteiger partial charge in [-0.1, -0.05) is 108 Å². The van der Waals surface area contributed by atoms with E-state index in [-0.39, 0.29) is 16.4 Å². The molecule has 0 radical (unpaired) electrons. The maximum Gasteiger partial charge on any atom is 0.199 e. The molecule has 2 aromatic rings. The molecule has 43 heavy (non-hydrogen) atoms. The number of carbonyl (C=O) groups excluding carboxylic acids is 1. The minimum Gasteiger partial charge on any atom is -0.378 e. The fraction of sp³-hybridized carbons (Fsp3) is 0.571. The maximum absolute atomic E-state index is 15.1. The van der Waals surface area contributed by atoms with E-state index in [1.54, 1.807) is 0 Å². The minimum atomic E-state index is -1.44. The Morgan fingerprint density at radius 2 is 1.00 bits per heavy atom.